The number of ether oxygens (including phenoxy) is 1. The van der Waals surface area contributed by atoms with Crippen molar-refractivity contribution >= 4 is 11.7 Å². The zero-order chi connectivity index (χ0) is 15.3. The lowest BCUT2D eigenvalue weighted by molar-refractivity contribution is 0.0688. The highest BCUT2D eigenvalue weighted by Crippen LogP contribution is 2.49. The average molecular weight is 306 g/mol. The van der Waals surface area contributed by atoms with Crippen LogP contribution in [0.25, 0.3) is 0 Å². The number of carbonyl (C=O) groups is 1. The molecule has 0 atom stereocenters. The van der Waals surface area contributed by atoms with Crippen molar-refractivity contribution in [1.29, 1.82) is 0 Å². The quantitative estimate of drug-likeness (QED) is 0.875. The van der Waals surface area contributed by atoms with E-state index >= 15 is 0 Å². The molecule has 0 spiro atoms. The number of rotatable bonds is 6. The van der Waals surface area contributed by atoms with E-state index < -0.39 is 11.6 Å². The molecule has 118 valence electrons. The van der Waals surface area contributed by atoms with Crippen molar-refractivity contribution in [2.75, 3.05) is 24.6 Å². The summed E-state index contributed by atoms with van der Waals surface area (Å²) in [5, 5.41) is 9.07. The Bertz CT molecular complexity index is 607. The zero-order valence-electron chi connectivity index (χ0n) is 12.3. The topological polar surface area (TPSA) is 62.7 Å². The predicted octanol–water partition coefficient (Wildman–Crippen LogP) is 2.51. The van der Waals surface area contributed by atoms with Gasteiger partial charge in [-0.1, -0.05) is 0 Å². The molecule has 6 heteroatoms. The van der Waals surface area contributed by atoms with Crippen molar-refractivity contribution in [3.8, 4) is 5.88 Å². The highest BCUT2D eigenvalue weighted by molar-refractivity contribution is 5.86. The summed E-state index contributed by atoms with van der Waals surface area (Å²) in [7, 11) is 0. The first-order valence-electron chi connectivity index (χ1n) is 7.86. The van der Waals surface area contributed by atoms with Gasteiger partial charge in [-0.3, -0.25) is 0 Å². The van der Waals surface area contributed by atoms with Crippen LogP contribution in [0.3, 0.4) is 0 Å². The van der Waals surface area contributed by atoms with Gasteiger partial charge < -0.3 is 14.7 Å². The molecule has 3 fully saturated rings. The predicted molar refractivity (Wildman–Crippen MR) is 78.2 cm³/mol. The third kappa shape index (κ3) is 2.51. The number of pyridine rings is 1. The third-order valence-corrected chi connectivity index (χ3v) is 4.77. The second-order valence-corrected chi connectivity index (χ2v) is 6.75. The first-order chi connectivity index (χ1) is 10.5. The molecule has 0 unspecified atom stereocenters. The number of carboxylic acid groups (broad SMARTS) is 1. The van der Waals surface area contributed by atoms with Gasteiger partial charge in [-0.25, -0.2) is 14.2 Å². The van der Waals surface area contributed by atoms with Gasteiger partial charge in [-0.05, 0) is 49.7 Å². The summed E-state index contributed by atoms with van der Waals surface area (Å²) in [4.78, 5) is 17.1. The Morgan fingerprint density at radius 3 is 2.68 bits per heavy atom. The Morgan fingerprint density at radius 1 is 1.36 bits per heavy atom. The highest BCUT2D eigenvalue weighted by Gasteiger charge is 2.54. The lowest BCUT2D eigenvalue weighted by Crippen LogP contribution is -2.60. The minimum Gasteiger partial charge on any atom is -0.477 e. The number of alkyl halides is 1. The van der Waals surface area contributed by atoms with Crippen LogP contribution in [0.5, 0.6) is 5.88 Å². The Labute approximate surface area is 128 Å². The van der Waals surface area contributed by atoms with Crippen molar-refractivity contribution in [1.82, 2.24) is 4.98 Å². The van der Waals surface area contributed by atoms with E-state index in [1.807, 2.05) is 4.90 Å². The summed E-state index contributed by atoms with van der Waals surface area (Å²) in [5.74, 6) is -0.00835. The Balaban J connectivity index is 1.53. The first kappa shape index (κ1) is 13.8. The van der Waals surface area contributed by atoms with E-state index in [0.29, 0.717) is 37.2 Å². The van der Waals surface area contributed by atoms with Gasteiger partial charge in [-0.15, -0.1) is 0 Å². The van der Waals surface area contributed by atoms with Gasteiger partial charge in [0.1, 0.15) is 11.4 Å². The number of aromatic carboxylic acids is 1. The lowest BCUT2D eigenvalue weighted by atomic mass is 9.90. The fraction of sp³-hybridized carbons (Fsp3) is 0.625. The third-order valence-electron chi connectivity index (χ3n) is 4.77. The number of carboxylic acids is 1. The smallest absolute Gasteiger partial charge is 0.354 e. The zero-order valence-corrected chi connectivity index (χ0v) is 12.3. The summed E-state index contributed by atoms with van der Waals surface area (Å²) < 4.78 is 20.2. The van der Waals surface area contributed by atoms with E-state index in [0.717, 1.165) is 25.7 Å². The maximum atomic E-state index is 14.5. The fourth-order valence-corrected chi connectivity index (χ4v) is 3.00. The number of aromatic nitrogens is 1. The minimum atomic E-state index is -1.08. The molecule has 0 aromatic carbocycles. The monoisotopic (exact) mass is 306 g/mol. The van der Waals surface area contributed by atoms with Crippen LogP contribution in [-0.2, 0) is 0 Å². The van der Waals surface area contributed by atoms with Crippen LogP contribution in [-0.4, -0.2) is 41.4 Å². The summed E-state index contributed by atoms with van der Waals surface area (Å²) in [6, 6.07) is 3.14. The summed E-state index contributed by atoms with van der Waals surface area (Å²) in [6.07, 6.45) is 4.25. The maximum absolute atomic E-state index is 14.5. The highest BCUT2D eigenvalue weighted by atomic mass is 19.1. The van der Waals surface area contributed by atoms with Crippen LogP contribution in [0, 0.1) is 11.8 Å². The molecule has 2 aliphatic carbocycles. The van der Waals surface area contributed by atoms with Gasteiger partial charge in [0.05, 0.1) is 19.7 Å². The SMILES string of the molecule is O=C(O)c1ccc(N2CC(F)(C3CC3)C2)c(OCC2CC2)n1. The van der Waals surface area contributed by atoms with Crippen molar-refractivity contribution in [2.45, 2.75) is 31.4 Å². The number of nitrogens with zero attached hydrogens (tertiary/aromatic N) is 2. The Kier molecular flexibility index (Phi) is 3.03. The van der Waals surface area contributed by atoms with Gasteiger partial charge in [0, 0.05) is 0 Å². The van der Waals surface area contributed by atoms with E-state index in [1.165, 1.54) is 6.07 Å². The summed E-state index contributed by atoms with van der Waals surface area (Å²) in [5.41, 5.74) is -0.414. The van der Waals surface area contributed by atoms with Crippen LogP contribution in [0.1, 0.15) is 36.2 Å². The lowest BCUT2D eigenvalue weighted by Gasteiger charge is -2.46. The minimum absolute atomic E-state index is 0.0382. The van der Waals surface area contributed by atoms with Crippen LogP contribution in [0.2, 0.25) is 0 Å². The van der Waals surface area contributed by atoms with Gasteiger partial charge in [0.2, 0.25) is 5.88 Å². The second-order valence-electron chi connectivity index (χ2n) is 6.75. The van der Waals surface area contributed by atoms with E-state index in [4.69, 9.17) is 9.84 Å². The van der Waals surface area contributed by atoms with Crippen LogP contribution in [0.4, 0.5) is 10.1 Å². The standard InChI is InChI=1S/C16H19FN2O3/c17-16(11-3-4-11)8-19(9-16)13-6-5-12(15(20)21)18-14(13)22-7-10-1-2-10/h5-6,10-11H,1-4,7-9H2,(H,20,21). The average Bonchev–Trinajstić information content (AvgIpc) is 3.35. The molecule has 1 N–H and O–H groups in total. The molecule has 3 aliphatic rings. The molecule has 2 saturated carbocycles. The molecule has 4 rings (SSSR count). The first-order valence-corrected chi connectivity index (χ1v) is 7.86. The fourth-order valence-electron chi connectivity index (χ4n) is 3.00. The molecule has 0 radical (unpaired) electrons. The molecular formula is C16H19FN2O3. The van der Waals surface area contributed by atoms with Gasteiger partial charge in [0.15, 0.2) is 5.69 Å². The second kappa shape index (κ2) is 4.83. The molecule has 1 aliphatic heterocycles. The maximum Gasteiger partial charge on any atom is 0.354 e. The van der Waals surface area contributed by atoms with E-state index in [9.17, 15) is 9.18 Å². The van der Waals surface area contributed by atoms with E-state index in [1.54, 1.807) is 6.07 Å². The van der Waals surface area contributed by atoms with Crippen LogP contribution < -0.4 is 9.64 Å². The molecule has 0 amide bonds. The summed E-state index contributed by atoms with van der Waals surface area (Å²) in [6.45, 7) is 1.26. The largest absolute Gasteiger partial charge is 0.477 e. The van der Waals surface area contributed by atoms with Crippen molar-refractivity contribution in [3.63, 3.8) is 0 Å². The molecule has 5 nitrogen and oxygen atoms in total. The Hall–Kier alpha value is -1.85. The molecule has 1 saturated heterocycles. The number of halogens is 1. The van der Waals surface area contributed by atoms with Gasteiger partial charge >= 0.3 is 5.97 Å². The van der Waals surface area contributed by atoms with Crippen LogP contribution >= 0.6 is 0 Å². The van der Waals surface area contributed by atoms with E-state index in [2.05, 4.69) is 4.98 Å². The molecular weight excluding hydrogens is 287 g/mol. The normalized spacial score (nSPS) is 23.0. The van der Waals surface area contributed by atoms with Crippen molar-refractivity contribution in [3.05, 3.63) is 17.8 Å². The van der Waals surface area contributed by atoms with Crippen molar-refractivity contribution < 1.29 is 19.0 Å². The van der Waals surface area contributed by atoms with Crippen LogP contribution in [0.15, 0.2) is 12.1 Å². The Morgan fingerprint density at radius 2 is 2.09 bits per heavy atom. The number of hydrogen-bond donors (Lipinski definition) is 1. The van der Waals surface area contributed by atoms with Crippen molar-refractivity contribution in [2.24, 2.45) is 11.8 Å². The van der Waals surface area contributed by atoms with E-state index in [-0.39, 0.29) is 11.6 Å². The molecule has 2 heterocycles. The number of hydrogen-bond acceptors (Lipinski definition) is 4. The molecule has 22 heavy (non-hydrogen) atoms. The molecule has 1 aromatic rings. The van der Waals surface area contributed by atoms with Gasteiger partial charge in [-0.2, -0.15) is 0 Å². The summed E-state index contributed by atoms with van der Waals surface area (Å²) >= 11 is 0. The number of anilines is 1. The molecule has 1 aromatic heterocycles. The van der Waals surface area contributed by atoms with Gasteiger partial charge in [0.25, 0.3) is 0 Å². The molecule has 0 bridgehead atoms.